The zero-order valence-electron chi connectivity index (χ0n) is 19.2. The minimum absolute atomic E-state index is 0.105. The first-order valence-electron chi connectivity index (χ1n) is 11.8. The fourth-order valence-electron chi connectivity index (χ4n) is 5.33. The fraction of sp³-hybridized carbons (Fsp3) is 0.407. The van der Waals surface area contributed by atoms with Crippen molar-refractivity contribution in [1.29, 1.82) is 5.26 Å². The summed E-state index contributed by atoms with van der Waals surface area (Å²) in [5.41, 5.74) is 4.32. The maximum Gasteiger partial charge on any atom is 0.245 e. The molecule has 1 spiro atoms. The summed E-state index contributed by atoms with van der Waals surface area (Å²) in [7, 11) is 0. The molecule has 1 aliphatic carbocycles. The number of piperidine rings is 1. The van der Waals surface area contributed by atoms with Crippen molar-refractivity contribution in [2.24, 2.45) is 5.92 Å². The number of aromatic nitrogens is 1. The number of alkyl halides is 2. The van der Waals surface area contributed by atoms with Gasteiger partial charge < -0.3 is 14.8 Å². The molecule has 1 fully saturated rings. The van der Waals surface area contributed by atoms with E-state index >= 15 is 0 Å². The summed E-state index contributed by atoms with van der Waals surface area (Å²) in [6.07, 6.45) is 9.67. The Labute approximate surface area is 198 Å². The molecule has 1 atom stereocenters. The lowest BCUT2D eigenvalue weighted by Crippen LogP contribution is -2.52. The van der Waals surface area contributed by atoms with Gasteiger partial charge >= 0.3 is 0 Å². The van der Waals surface area contributed by atoms with E-state index in [4.69, 9.17) is 5.26 Å². The predicted octanol–water partition coefficient (Wildman–Crippen LogP) is 5.33. The molecule has 1 saturated heterocycles. The second-order valence-corrected chi connectivity index (χ2v) is 9.69. The minimum atomic E-state index is -2.68. The van der Waals surface area contributed by atoms with E-state index in [1.54, 1.807) is 6.08 Å². The molecule has 1 aromatic carbocycles. The van der Waals surface area contributed by atoms with Gasteiger partial charge in [0.2, 0.25) is 11.8 Å². The molecule has 1 N–H and O–H groups in total. The van der Waals surface area contributed by atoms with Crippen LogP contribution in [0.1, 0.15) is 43.9 Å². The Balaban J connectivity index is 1.33. The van der Waals surface area contributed by atoms with Gasteiger partial charge in [-0.25, -0.2) is 8.78 Å². The quantitative estimate of drug-likeness (QED) is 0.668. The van der Waals surface area contributed by atoms with Crippen molar-refractivity contribution in [3.63, 3.8) is 0 Å². The van der Waals surface area contributed by atoms with Crippen LogP contribution in [0.5, 0.6) is 0 Å². The highest BCUT2D eigenvalue weighted by atomic mass is 19.3. The fourth-order valence-corrected chi connectivity index (χ4v) is 5.33. The van der Waals surface area contributed by atoms with Crippen LogP contribution in [-0.4, -0.2) is 34.4 Å². The largest absolute Gasteiger partial charge is 0.372 e. The van der Waals surface area contributed by atoms with Gasteiger partial charge in [-0.1, -0.05) is 18.2 Å². The molecular weight excluding hydrogens is 434 g/mol. The normalized spacial score (nSPS) is 20.7. The third-order valence-corrected chi connectivity index (χ3v) is 7.26. The van der Waals surface area contributed by atoms with E-state index in [-0.39, 0.29) is 23.8 Å². The van der Waals surface area contributed by atoms with Crippen LogP contribution in [0.4, 0.5) is 14.5 Å². The first-order chi connectivity index (χ1) is 16.3. The lowest BCUT2D eigenvalue weighted by molar-refractivity contribution is -0.135. The highest BCUT2D eigenvalue weighted by molar-refractivity contribution is 5.81. The third kappa shape index (κ3) is 4.13. The van der Waals surface area contributed by atoms with Gasteiger partial charge in [0.1, 0.15) is 0 Å². The zero-order valence-corrected chi connectivity index (χ0v) is 19.2. The summed E-state index contributed by atoms with van der Waals surface area (Å²) >= 11 is 0. The molecule has 0 bridgehead atoms. The first kappa shape index (κ1) is 22.4. The second-order valence-electron chi connectivity index (χ2n) is 9.69. The average Bonchev–Trinajstić information content (AvgIpc) is 3.34. The summed E-state index contributed by atoms with van der Waals surface area (Å²) in [5, 5.41) is 12.8. The van der Waals surface area contributed by atoms with Crippen molar-refractivity contribution in [3.8, 4) is 11.8 Å². The van der Waals surface area contributed by atoms with Crippen molar-refractivity contribution in [2.75, 3.05) is 18.4 Å². The summed E-state index contributed by atoms with van der Waals surface area (Å²) in [6, 6.07) is 12.2. The Morgan fingerprint density at radius 3 is 2.76 bits per heavy atom. The SMILES string of the molecule is CC(F)(F)CCc1ccc2c(c1)NC1(CCN(C(=O)C3C=CC(C#N)=CC3)CC1)c1cccn1-2. The molecule has 0 radical (unpaired) electrons. The lowest BCUT2D eigenvalue weighted by atomic mass is 9.81. The number of nitrogens with one attached hydrogen (secondary N) is 1. The van der Waals surface area contributed by atoms with Crippen LogP contribution in [0.2, 0.25) is 0 Å². The molecule has 176 valence electrons. The van der Waals surface area contributed by atoms with Crippen LogP contribution in [0, 0.1) is 17.2 Å². The summed E-state index contributed by atoms with van der Waals surface area (Å²) in [6.45, 7) is 2.22. The monoisotopic (exact) mass is 462 g/mol. The van der Waals surface area contributed by atoms with Gasteiger partial charge in [0.25, 0.3) is 0 Å². The topological polar surface area (TPSA) is 61.1 Å². The molecule has 5 nitrogen and oxygen atoms in total. The van der Waals surface area contributed by atoms with E-state index in [0.717, 1.165) is 36.7 Å². The number of amides is 1. The first-order valence-corrected chi connectivity index (χ1v) is 11.8. The van der Waals surface area contributed by atoms with Crippen molar-refractivity contribution in [1.82, 2.24) is 9.47 Å². The number of likely N-dealkylation sites (tertiary alicyclic amines) is 1. The second kappa shape index (κ2) is 8.43. The maximum absolute atomic E-state index is 13.4. The highest BCUT2D eigenvalue weighted by Crippen LogP contribution is 2.44. The third-order valence-electron chi connectivity index (χ3n) is 7.26. The number of nitriles is 1. The molecular formula is C27H28F2N4O. The Hall–Kier alpha value is -3.40. The summed E-state index contributed by atoms with van der Waals surface area (Å²) in [5.74, 6) is -2.79. The number of carbonyl (C=O) groups excluding carboxylic acids is 1. The van der Waals surface area contributed by atoms with Gasteiger partial charge in [-0.2, -0.15) is 5.26 Å². The van der Waals surface area contributed by atoms with Crippen molar-refractivity contribution >= 4 is 11.6 Å². The molecule has 2 aliphatic heterocycles. The lowest BCUT2D eigenvalue weighted by Gasteiger charge is -2.46. The summed E-state index contributed by atoms with van der Waals surface area (Å²) < 4.78 is 29.0. The van der Waals surface area contributed by atoms with Gasteiger partial charge in [0.05, 0.1) is 28.9 Å². The molecule has 2 aromatic rings. The van der Waals surface area contributed by atoms with Gasteiger partial charge in [0, 0.05) is 37.0 Å². The number of hydrogen-bond acceptors (Lipinski definition) is 3. The average molecular weight is 463 g/mol. The molecule has 1 amide bonds. The number of allylic oxidation sites excluding steroid dienone is 3. The van der Waals surface area contributed by atoms with Crippen LogP contribution in [-0.2, 0) is 16.8 Å². The van der Waals surface area contributed by atoms with Crippen molar-refractivity contribution in [3.05, 3.63) is 71.6 Å². The van der Waals surface area contributed by atoms with Crippen LogP contribution in [0.15, 0.2) is 60.3 Å². The number of nitrogens with zero attached hydrogens (tertiary/aromatic N) is 3. The van der Waals surface area contributed by atoms with Gasteiger partial charge in [0.15, 0.2) is 0 Å². The molecule has 3 aliphatic rings. The van der Waals surface area contributed by atoms with Crippen LogP contribution in [0.3, 0.4) is 0 Å². The Kier molecular flexibility index (Phi) is 5.55. The molecule has 1 unspecified atom stereocenters. The van der Waals surface area contributed by atoms with E-state index in [2.05, 4.69) is 22.0 Å². The van der Waals surface area contributed by atoms with Crippen LogP contribution in [0.25, 0.3) is 5.69 Å². The van der Waals surface area contributed by atoms with Crippen LogP contribution < -0.4 is 5.32 Å². The minimum Gasteiger partial charge on any atom is -0.372 e. The van der Waals surface area contributed by atoms with Gasteiger partial charge in [-0.3, -0.25) is 4.79 Å². The van der Waals surface area contributed by atoms with Gasteiger partial charge in [-0.05, 0) is 68.5 Å². The molecule has 7 heteroatoms. The number of hydrogen-bond donors (Lipinski definition) is 1. The highest BCUT2D eigenvalue weighted by Gasteiger charge is 2.43. The molecule has 3 heterocycles. The van der Waals surface area contributed by atoms with Gasteiger partial charge in [-0.15, -0.1) is 0 Å². The molecule has 34 heavy (non-hydrogen) atoms. The maximum atomic E-state index is 13.4. The molecule has 0 saturated carbocycles. The Morgan fingerprint density at radius 1 is 1.29 bits per heavy atom. The molecule has 1 aromatic heterocycles. The van der Waals surface area contributed by atoms with Crippen molar-refractivity contribution in [2.45, 2.75) is 50.5 Å². The van der Waals surface area contributed by atoms with E-state index in [9.17, 15) is 13.6 Å². The van der Waals surface area contributed by atoms with E-state index < -0.39 is 5.92 Å². The molecule has 5 rings (SSSR count). The van der Waals surface area contributed by atoms with E-state index in [0.29, 0.717) is 31.5 Å². The van der Waals surface area contributed by atoms with Crippen molar-refractivity contribution < 1.29 is 13.6 Å². The number of fused-ring (bicyclic) bond motifs is 4. The van der Waals surface area contributed by atoms with Crippen LogP contribution >= 0.6 is 0 Å². The number of rotatable bonds is 4. The smallest absolute Gasteiger partial charge is 0.245 e. The predicted molar refractivity (Wildman–Crippen MR) is 127 cm³/mol. The number of carbonyl (C=O) groups is 1. The number of halogens is 2. The standard InChI is InChI=1S/C27H28F2N4O/c1-26(28,29)11-10-19-6-9-23-22(17-19)31-27(24-3-2-14-33(23)24)12-15-32(16-13-27)25(34)21-7-4-20(18-30)5-8-21/h2-7,9,14,17,21,31H,8,10-13,15-16H2,1H3. The number of benzene rings is 1. The summed E-state index contributed by atoms with van der Waals surface area (Å²) in [4.78, 5) is 15.0. The van der Waals surface area contributed by atoms with E-state index in [1.165, 1.54) is 5.69 Å². The zero-order chi connectivity index (χ0) is 23.9. The number of anilines is 1. The number of aryl methyl sites for hydroxylation is 1. The Bertz CT molecular complexity index is 1210. The Morgan fingerprint density at radius 2 is 2.09 bits per heavy atom. The van der Waals surface area contributed by atoms with E-state index in [1.807, 2.05) is 47.5 Å².